The molecule has 4 heteroatoms. The number of fused-ring (bicyclic) bond motifs is 1. The first-order chi connectivity index (χ1) is 10.6. The lowest BCUT2D eigenvalue weighted by molar-refractivity contribution is -0.133. The maximum Gasteiger partial charge on any atom is 0.230 e. The van der Waals surface area contributed by atoms with Crippen LogP contribution in [-0.2, 0) is 16.0 Å². The van der Waals surface area contributed by atoms with Gasteiger partial charge in [-0.15, -0.1) is 0 Å². The number of carbonyl (C=O) groups excluding carboxylic acids is 2. The molecule has 1 unspecified atom stereocenters. The lowest BCUT2D eigenvalue weighted by atomic mass is 9.90. The zero-order valence-electron chi connectivity index (χ0n) is 13.4. The summed E-state index contributed by atoms with van der Waals surface area (Å²) < 4.78 is 0. The van der Waals surface area contributed by atoms with Gasteiger partial charge in [-0.1, -0.05) is 25.1 Å². The normalized spacial score (nSPS) is 22.4. The van der Waals surface area contributed by atoms with E-state index in [0.717, 1.165) is 31.5 Å². The van der Waals surface area contributed by atoms with Crippen LogP contribution in [0.5, 0.6) is 0 Å². The van der Waals surface area contributed by atoms with Crippen LogP contribution in [0, 0.1) is 11.8 Å². The third kappa shape index (κ3) is 2.87. The first-order valence-electron chi connectivity index (χ1n) is 8.21. The van der Waals surface area contributed by atoms with Crippen molar-refractivity contribution < 1.29 is 9.59 Å². The summed E-state index contributed by atoms with van der Waals surface area (Å²) in [6.45, 7) is 6.02. The minimum Gasteiger partial charge on any atom is -0.343 e. The molecule has 1 saturated heterocycles. The van der Waals surface area contributed by atoms with Gasteiger partial charge in [0.2, 0.25) is 11.8 Å². The van der Waals surface area contributed by atoms with Crippen molar-refractivity contribution in [2.45, 2.75) is 33.1 Å². The molecule has 0 spiro atoms. The van der Waals surface area contributed by atoms with Gasteiger partial charge in [-0.2, -0.15) is 0 Å². The molecule has 1 aromatic carbocycles. The van der Waals surface area contributed by atoms with Gasteiger partial charge in [0.25, 0.3) is 0 Å². The predicted octanol–water partition coefficient (Wildman–Crippen LogP) is 2.47. The van der Waals surface area contributed by atoms with Gasteiger partial charge >= 0.3 is 0 Å². The Hall–Kier alpha value is -1.84. The van der Waals surface area contributed by atoms with E-state index in [2.05, 4.69) is 19.1 Å². The first kappa shape index (κ1) is 15.1. The summed E-state index contributed by atoms with van der Waals surface area (Å²) in [4.78, 5) is 28.2. The molecule has 2 heterocycles. The standard InChI is InChI=1S/C18H24N2O2/c1-13-11-16-5-3-4-6-17(16)20(12-13)18(22)15-7-9-19(10-8-15)14(2)21/h3-6,13,15H,7-12H2,1-2H3. The SMILES string of the molecule is CC(=O)N1CCC(C(=O)N2CC(C)Cc3ccccc32)CC1. The van der Waals surface area contributed by atoms with Crippen molar-refractivity contribution in [1.82, 2.24) is 4.90 Å². The van der Waals surface area contributed by atoms with E-state index < -0.39 is 0 Å². The van der Waals surface area contributed by atoms with Crippen LogP contribution in [-0.4, -0.2) is 36.3 Å². The molecular formula is C18H24N2O2. The van der Waals surface area contributed by atoms with E-state index in [0.29, 0.717) is 19.0 Å². The van der Waals surface area contributed by atoms with Crippen LogP contribution in [0.1, 0.15) is 32.3 Å². The molecule has 4 nitrogen and oxygen atoms in total. The van der Waals surface area contributed by atoms with Gasteiger partial charge in [0.1, 0.15) is 0 Å². The fraction of sp³-hybridized carbons (Fsp3) is 0.556. The quantitative estimate of drug-likeness (QED) is 0.799. The fourth-order valence-corrected chi connectivity index (χ4v) is 3.67. The van der Waals surface area contributed by atoms with E-state index in [9.17, 15) is 9.59 Å². The molecule has 1 atom stereocenters. The summed E-state index contributed by atoms with van der Waals surface area (Å²) in [6.07, 6.45) is 2.61. The van der Waals surface area contributed by atoms with Gasteiger partial charge in [-0.3, -0.25) is 9.59 Å². The number of amides is 2. The zero-order valence-corrected chi connectivity index (χ0v) is 13.4. The second-order valence-corrected chi connectivity index (χ2v) is 6.67. The molecule has 22 heavy (non-hydrogen) atoms. The molecule has 1 aromatic rings. The van der Waals surface area contributed by atoms with Gasteiger partial charge < -0.3 is 9.80 Å². The number of nitrogens with zero attached hydrogens (tertiary/aromatic N) is 2. The topological polar surface area (TPSA) is 40.6 Å². The molecule has 3 rings (SSSR count). The summed E-state index contributed by atoms with van der Waals surface area (Å²) in [6, 6.07) is 8.24. The summed E-state index contributed by atoms with van der Waals surface area (Å²) in [7, 11) is 0. The summed E-state index contributed by atoms with van der Waals surface area (Å²) in [5.74, 6) is 0.898. The number of hydrogen-bond acceptors (Lipinski definition) is 2. The minimum absolute atomic E-state index is 0.0500. The first-order valence-corrected chi connectivity index (χ1v) is 8.21. The average molecular weight is 300 g/mol. The monoisotopic (exact) mass is 300 g/mol. The Bertz CT molecular complexity index is 576. The van der Waals surface area contributed by atoms with Gasteiger partial charge in [-0.25, -0.2) is 0 Å². The van der Waals surface area contributed by atoms with Crippen LogP contribution in [0.2, 0.25) is 0 Å². The van der Waals surface area contributed by atoms with Crippen molar-refractivity contribution >= 4 is 17.5 Å². The van der Waals surface area contributed by atoms with Crippen LogP contribution in [0.4, 0.5) is 5.69 Å². The van der Waals surface area contributed by atoms with E-state index in [1.807, 2.05) is 21.9 Å². The average Bonchev–Trinajstić information content (AvgIpc) is 2.53. The van der Waals surface area contributed by atoms with Crippen molar-refractivity contribution in [1.29, 1.82) is 0 Å². The molecule has 2 aliphatic heterocycles. The lowest BCUT2D eigenvalue weighted by Gasteiger charge is -2.38. The van der Waals surface area contributed by atoms with Crippen molar-refractivity contribution in [2.75, 3.05) is 24.5 Å². The largest absolute Gasteiger partial charge is 0.343 e. The Morgan fingerprint density at radius 1 is 1.14 bits per heavy atom. The second kappa shape index (κ2) is 6.11. The molecule has 118 valence electrons. The molecule has 2 amide bonds. The predicted molar refractivity (Wildman–Crippen MR) is 86.6 cm³/mol. The third-order valence-corrected chi connectivity index (χ3v) is 4.90. The molecule has 0 aliphatic carbocycles. The van der Waals surface area contributed by atoms with Gasteiger partial charge in [0.05, 0.1) is 0 Å². The highest BCUT2D eigenvalue weighted by atomic mass is 16.2. The number of piperidine rings is 1. The van der Waals surface area contributed by atoms with Gasteiger partial charge in [0, 0.05) is 38.2 Å². The molecule has 0 radical (unpaired) electrons. The van der Waals surface area contributed by atoms with Crippen LogP contribution < -0.4 is 4.90 Å². The van der Waals surface area contributed by atoms with Crippen LogP contribution in [0.3, 0.4) is 0 Å². The van der Waals surface area contributed by atoms with E-state index in [1.54, 1.807) is 6.92 Å². The van der Waals surface area contributed by atoms with Crippen LogP contribution >= 0.6 is 0 Å². The number of benzene rings is 1. The van der Waals surface area contributed by atoms with E-state index in [-0.39, 0.29) is 17.7 Å². The van der Waals surface area contributed by atoms with E-state index in [4.69, 9.17) is 0 Å². The second-order valence-electron chi connectivity index (χ2n) is 6.67. The van der Waals surface area contributed by atoms with E-state index >= 15 is 0 Å². The number of hydrogen-bond donors (Lipinski definition) is 0. The molecule has 1 fully saturated rings. The Morgan fingerprint density at radius 3 is 2.50 bits per heavy atom. The van der Waals surface area contributed by atoms with E-state index in [1.165, 1.54) is 5.56 Å². The minimum atomic E-state index is 0.0500. The molecular weight excluding hydrogens is 276 g/mol. The molecule has 0 bridgehead atoms. The van der Waals surface area contributed by atoms with Crippen LogP contribution in [0.15, 0.2) is 24.3 Å². The van der Waals surface area contributed by atoms with Crippen molar-refractivity contribution in [3.8, 4) is 0 Å². The highest BCUT2D eigenvalue weighted by Gasteiger charge is 2.33. The Morgan fingerprint density at radius 2 is 1.82 bits per heavy atom. The summed E-state index contributed by atoms with van der Waals surface area (Å²) in [5, 5.41) is 0. The Kier molecular flexibility index (Phi) is 4.19. The van der Waals surface area contributed by atoms with Crippen molar-refractivity contribution in [3.63, 3.8) is 0 Å². The molecule has 0 aromatic heterocycles. The molecule has 0 saturated carbocycles. The summed E-state index contributed by atoms with van der Waals surface area (Å²) in [5.41, 5.74) is 2.36. The van der Waals surface area contributed by atoms with Gasteiger partial charge in [-0.05, 0) is 36.8 Å². The van der Waals surface area contributed by atoms with Crippen molar-refractivity contribution in [3.05, 3.63) is 29.8 Å². The molecule has 0 N–H and O–H groups in total. The Labute approximate surface area is 132 Å². The highest BCUT2D eigenvalue weighted by molar-refractivity contribution is 5.96. The Balaban J connectivity index is 1.74. The van der Waals surface area contributed by atoms with Gasteiger partial charge in [0.15, 0.2) is 0 Å². The zero-order chi connectivity index (χ0) is 15.7. The number of likely N-dealkylation sites (tertiary alicyclic amines) is 1. The number of para-hydroxylation sites is 1. The fourth-order valence-electron chi connectivity index (χ4n) is 3.67. The number of anilines is 1. The number of carbonyl (C=O) groups is 2. The molecule has 2 aliphatic rings. The highest BCUT2D eigenvalue weighted by Crippen LogP contribution is 2.32. The maximum atomic E-state index is 13.0. The smallest absolute Gasteiger partial charge is 0.230 e. The number of rotatable bonds is 1. The van der Waals surface area contributed by atoms with Crippen molar-refractivity contribution in [2.24, 2.45) is 11.8 Å². The maximum absolute atomic E-state index is 13.0. The third-order valence-electron chi connectivity index (χ3n) is 4.90. The van der Waals surface area contributed by atoms with Crippen LogP contribution in [0.25, 0.3) is 0 Å². The lowest BCUT2D eigenvalue weighted by Crippen LogP contribution is -2.46. The summed E-state index contributed by atoms with van der Waals surface area (Å²) >= 11 is 0.